The summed E-state index contributed by atoms with van der Waals surface area (Å²) >= 11 is 6.02. The molecule has 0 saturated heterocycles. The molecule has 1 amide bonds. The van der Waals surface area contributed by atoms with Gasteiger partial charge in [-0.05, 0) is 42.0 Å². The van der Waals surface area contributed by atoms with E-state index >= 15 is 0 Å². The second-order valence-corrected chi connectivity index (χ2v) is 5.49. The molecule has 1 N–H and O–H groups in total. The van der Waals surface area contributed by atoms with E-state index in [2.05, 4.69) is 20.7 Å². The highest BCUT2D eigenvalue weighted by molar-refractivity contribution is 6.31. The predicted octanol–water partition coefficient (Wildman–Crippen LogP) is 3.08. The second-order valence-electron chi connectivity index (χ2n) is 5.08. The number of hydrogen-bond donors (Lipinski definition) is 1. The lowest BCUT2D eigenvalue weighted by Crippen LogP contribution is -2.21. The van der Waals surface area contributed by atoms with Crippen LogP contribution in [0.4, 0.5) is 10.1 Å². The van der Waals surface area contributed by atoms with Gasteiger partial charge in [-0.15, -0.1) is 10.2 Å². The molecule has 0 atom stereocenters. The third-order valence-electron chi connectivity index (χ3n) is 3.39. The Morgan fingerprint density at radius 2 is 2.04 bits per heavy atom. The first kappa shape index (κ1) is 16.1. The van der Waals surface area contributed by atoms with Crippen LogP contribution in [-0.2, 0) is 11.3 Å². The number of hydrogen-bond acceptors (Lipinski definition) is 4. The summed E-state index contributed by atoms with van der Waals surface area (Å²) in [5.74, 6) is -0.659. The first-order valence-electron chi connectivity index (χ1n) is 7.12. The molecule has 1 aromatic heterocycles. The van der Waals surface area contributed by atoms with Crippen LogP contribution in [0.1, 0.15) is 5.56 Å². The number of halogens is 2. The highest BCUT2D eigenvalue weighted by Crippen LogP contribution is 2.23. The van der Waals surface area contributed by atoms with Gasteiger partial charge in [0, 0.05) is 10.7 Å². The fourth-order valence-electron chi connectivity index (χ4n) is 2.12. The highest BCUT2D eigenvalue weighted by atomic mass is 35.5. The summed E-state index contributed by atoms with van der Waals surface area (Å²) in [7, 11) is 0. The molecule has 0 aliphatic heterocycles. The Kier molecular flexibility index (Phi) is 4.52. The fraction of sp³-hybridized carbons (Fsp3) is 0.125. The van der Waals surface area contributed by atoms with E-state index < -0.39 is 5.82 Å². The number of benzene rings is 2. The van der Waals surface area contributed by atoms with E-state index in [1.165, 1.54) is 6.07 Å². The summed E-state index contributed by atoms with van der Waals surface area (Å²) in [6, 6.07) is 11.3. The molecule has 2 aromatic carbocycles. The Labute approximate surface area is 142 Å². The fourth-order valence-corrected chi connectivity index (χ4v) is 2.30. The molecule has 3 rings (SSSR count). The van der Waals surface area contributed by atoms with Gasteiger partial charge in [-0.3, -0.25) is 4.79 Å². The van der Waals surface area contributed by atoms with Gasteiger partial charge < -0.3 is 5.32 Å². The number of tetrazole rings is 1. The number of amides is 1. The molecule has 1 heterocycles. The molecule has 0 spiro atoms. The zero-order valence-corrected chi connectivity index (χ0v) is 13.5. The quantitative estimate of drug-likeness (QED) is 0.788. The highest BCUT2D eigenvalue weighted by Gasteiger charge is 2.13. The standard InChI is InChI=1S/C16H13ClFN5O/c1-10-12(17)6-4-8-14(10)19-15(24)9-23-21-16(20-22-23)11-5-2-3-7-13(11)18/h2-8H,9H2,1H3,(H,19,24). The summed E-state index contributed by atoms with van der Waals surface area (Å²) in [5.41, 5.74) is 1.61. The third-order valence-corrected chi connectivity index (χ3v) is 3.80. The Bertz CT molecular complexity index is 896. The molecule has 24 heavy (non-hydrogen) atoms. The first-order valence-corrected chi connectivity index (χ1v) is 7.50. The third kappa shape index (κ3) is 3.41. The SMILES string of the molecule is Cc1c(Cl)cccc1NC(=O)Cn1nnc(-c2ccccc2F)n1. The maximum Gasteiger partial charge on any atom is 0.248 e. The Morgan fingerprint density at radius 1 is 1.25 bits per heavy atom. The number of carbonyl (C=O) groups excluding carboxylic acids is 1. The van der Waals surface area contributed by atoms with Gasteiger partial charge in [-0.25, -0.2) is 4.39 Å². The lowest BCUT2D eigenvalue weighted by atomic mass is 10.2. The van der Waals surface area contributed by atoms with Crippen LogP contribution in [0.5, 0.6) is 0 Å². The van der Waals surface area contributed by atoms with Crippen LogP contribution in [0.2, 0.25) is 5.02 Å². The van der Waals surface area contributed by atoms with Gasteiger partial charge in [-0.2, -0.15) is 4.80 Å². The smallest absolute Gasteiger partial charge is 0.248 e. The molecule has 0 radical (unpaired) electrons. The maximum atomic E-state index is 13.7. The van der Waals surface area contributed by atoms with Crippen molar-refractivity contribution < 1.29 is 9.18 Å². The van der Waals surface area contributed by atoms with Crippen molar-refractivity contribution in [3.05, 3.63) is 58.9 Å². The summed E-state index contributed by atoms with van der Waals surface area (Å²) in [6.07, 6.45) is 0. The van der Waals surface area contributed by atoms with Crippen molar-refractivity contribution in [2.24, 2.45) is 0 Å². The molecule has 0 unspecified atom stereocenters. The molecule has 0 fully saturated rings. The summed E-state index contributed by atoms with van der Waals surface area (Å²) in [4.78, 5) is 13.2. The Hall–Kier alpha value is -2.80. The van der Waals surface area contributed by atoms with E-state index in [4.69, 9.17) is 11.6 Å². The van der Waals surface area contributed by atoms with E-state index in [-0.39, 0.29) is 23.8 Å². The minimum Gasteiger partial charge on any atom is -0.324 e. The van der Waals surface area contributed by atoms with Gasteiger partial charge in [0.15, 0.2) is 0 Å². The van der Waals surface area contributed by atoms with Crippen LogP contribution in [-0.4, -0.2) is 26.1 Å². The van der Waals surface area contributed by atoms with E-state index in [1.54, 1.807) is 36.4 Å². The van der Waals surface area contributed by atoms with Crippen LogP contribution < -0.4 is 5.32 Å². The van der Waals surface area contributed by atoms with Crippen molar-refractivity contribution in [3.8, 4) is 11.4 Å². The lowest BCUT2D eigenvalue weighted by molar-refractivity contribution is -0.117. The van der Waals surface area contributed by atoms with Crippen molar-refractivity contribution in [3.63, 3.8) is 0 Å². The minimum absolute atomic E-state index is 0.125. The van der Waals surface area contributed by atoms with Crippen LogP contribution in [0, 0.1) is 12.7 Å². The molecular weight excluding hydrogens is 333 g/mol. The van der Waals surface area contributed by atoms with Gasteiger partial charge in [0.1, 0.15) is 12.4 Å². The van der Waals surface area contributed by atoms with Crippen LogP contribution in [0.25, 0.3) is 11.4 Å². The van der Waals surface area contributed by atoms with Gasteiger partial charge in [0.2, 0.25) is 11.7 Å². The number of carbonyl (C=O) groups is 1. The maximum absolute atomic E-state index is 13.7. The largest absolute Gasteiger partial charge is 0.324 e. The van der Waals surface area contributed by atoms with Crippen LogP contribution in [0.3, 0.4) is 0 Å². The molecule has 0 aliphatic rings. The summed E-state index contributed by atoms with van der Waals surface area (Å²) < 4.78 is 13.7. The summed E-state index contributed by atoms with van der Waals surface area (Å²) in [5, 5.41) is 14.9. The van der Waals surface area contributed by atoms with E-state index in [1.807, 2.05) is 6.92 Å². The summed E-state index contributed by atoms with van der Waals surface area (Å²) in [6.45, 7) is 1.66. The van der Waals surface area contributed by atoms with Gasteiger partial charge >= 0.3 is 0 Å². The van der Waals surface area contributed by atoms with Crippen molar-refractivity contribution in [2.45, 2.75) is 13.5 Å². The Balaban J connectivity index is 1.72. The molecule has 6 nitrogen and oxygen atoms in total. The average Bonchev–Trinajstić information content (AvgIpc) is 3.00. The number of rotatable bonds is 4. The van der Waals surface area contributed by atoms with E-state index in [0.29, 0.717) is 10.7 Å². The molecule has 0 bridgehead atoms. The van der Waals surface area contributed by atoms with E-state index in [9.17, 15) is 9.18 Å². The lowest BCUT2D eigenvalue weighted by Gasteiger charge is -2.08. The van der Waals surface area contributed by atoms with Crippen molar-refractivity contribution in [2.75, 3.05) is 5.32 Å². The number of aromatic nitrogens is 4. The normalized spacial score (nSPS) is 10.6. The number of nitrogens with one attached hydrogen (secondary N) is 1. The Morgan fingerprint density at radius 3 is 2.83 bits per heavy atom. The topological polar surface area (TPSA) is 72.7 Å². The molecule has 0 saturated carbocycles. The first-order chi connectivity index (χ1) is 11.5. The number of anilines is 1. The van der Waals surface area contributed by atoms with Crippen LogP contribution >= 0.6 is 11.6 Å². The van der Waals surface area contributed by atoms with Crippen molar-refractivity contribution in [1.29, 1.82) is 0 Å². The number of nitrogens with zero attached hydrogens (tertiary/aromatic N) is 4. The van der Waals surface area contributed by atoms with Gasteiger partial charge in [-0.1, -0.05) is 29.8 Å². The van der Waals surface area contributed by atoms with Crippen LogP contribution in [0.15, 0.2) is 42.5 Å². The zero-order valence-electron chi connectivity index (χ0n) is 12.7. The van der Waals surface area contributed by atoms with Gasteiger partial charge in [0.25, 0.3) is 0 Å². The molecular formula is C16H13ClFN5O. The van der Waals surface area contributed by atoms with Crippen molar-refractivity contribution >= 4 is 23.2 Å². The van der Waals surface area contributed by atoms with Crippen molar-refractivity contribution in [1.82, 2.24) is 20.2 Å². The van der Waals surface area contributed by atoms with Gasteiger partial charge in [0.05, 0.1) is 5.56 Å². The molecule has 8 heteroatoms. The zero-order chi connectivity index (χ0) is 17.1. The minimum atomic E-state index is -0.448. The second kappa shape index (κ2) is 6.76. The predicted molar refractivity (Wildman–Crippen MR) is 88.0 cm³/mol. The molecule has 122 valence electrons. The average molecular weight is 346 g/mol. The van der Waals surface area contributed by atoms with E-state index in [0.717, 1.165) is 10.4 Å². The monoisotopic (exact) mass is 345 g/mol. The molecule has 3 aromatic rings. The molecule has 0 aliphatic carbocycles.